The van der Waals surface area contributed by atoms with Crippen molar-refractivity contribution in [3.05, 3.63) is 22.6 Å². The van der Waals surface area contributed by atoms with Crippen molar-refractivity contribution in [1.29, 1.82) is 0 Å². The molecule has 27 heavy (non-hydrogen) atoms. The Hall–Kier alpha value is -1.58. The molecule has 0 aromatic carbocycles. The fourth-order valence-corrected chi connectivity index (χ4v) is 7.91. The molecule has 2 aliphatic heterocycles. The van der Waals surface area contributed by atoms with Gasteiger partial charge in [-0.2, -0.15) is 0 Å². The maximum absolute atomic E-state index is 13.3. The van der Waals surface area contributed by atoms with Gasteiger partial charge in [-0.1, -0.05) is 19.3 Å². The quantitative estimate of drug-likeness (QED) is 0.683. The molecule has 4 bridgehead atoms. The summed E-state index contributed by atoms with van der Waals surface area (Å²) in [6.45, 7) is 0. The molecule has 4 nitrogen and oxygen atoms in total. The molecule has 0 N–H and O–H groups in total. The lowest BCUT2D eigenvalue weighted by molar-refractivity contribution is -0.138. The normalized spacial score (nSPS) is 41.1. The molecule has 0 spiro atoms. The van der Waals surface area contributed by atoms with Crippen LogP contribution < -0.4 is 0 Å². The molecule has 7 aliphatic rings. The molecule has 5 fully saturated rings. The number of carbonyl (C=O) groups excluding carboxylic acids is 2. The molecule has 5 aliphatic carbocycles. The van der Waals surface area contributed by atoms with Gasteiger partial charge < -0.3 is 9.64 Å². The number of cyclic esters (lactones) is 1. The summed E-state index contributed by atoms with van der Waals surface area (Å²) >= 11 is 0. The third kappa shape index (κ3) is 2.16. The Bertz CT molecular complexity index is 763. The Labute approximate surface area is 161 Å². The molecule has 0 radical (unpaired) electrons. The van der Waals surface area contributed by atoms with Crippen molar-refractivity contribution in [3.63, 3.8) is 0 Å². The molecule has 0 atom stereocenters. The van der Waals surface area contributed by atoms with Gasteiger partial charge in [0.1, 0.15) is 5.76 Å². The van der Waals surface area contributed by atoms with Crippen LogP contribution in [0, 0.1) is 29.1 Å². The first-order valence-electron chi connectivity index (χ1n) is 11.1. The van der Waals surface area contributed by atoms with E-state index >= 15 is 0 Å². The minimum Gasteiger partial charge on any atom is -0.426 e. The van der Waals surface area contributed by atoms with Crippen molar-refractivity contribution in [1.82, 2.24) is 4.90 Å². The Morgan fingerprint density at radius 3 is 2.07 bits per heavy atom. The number of hydrogen-bond acceptors (Lipinski definition) is 3. The highest BCUT2D eigenvalue weighted by atomic mass is 16.5. The zero-order valence-electron chi connectivity index (χ0n) is 16.3. The lowest BCUT2D eigenvalue weighted by atomic mass is 9.49. The molecule has 7 rings (SSSR count). The van der Waals surface area contributed by atoms with Crippen LogP contribution in [0.3, 0.4) is 0 Å². The van der Waals surface area contributed by atoms with E-state index in [9.17, 15) is 9.59 Å². The van der Waals surface area contributed by atoms with Crippen LogP contribution in [0.1, 0.15) is 70.6 Å². The first-order valence-corrected chi connectivity index (χ1v) is 11.1. The van der Waals surface area contributed by atoms with Crippen LogP contribution in [0.4, 0.5) is 0 Å². The molecule has 0 aromatic heterocycles. The minimum atomic E-state index is -0.242. The summed E-state index contributed by atoms with van der Waals surface area (Å²) < 4.78 is 5.99. The Morgan fingerprint density at radius 1 is 0.889 bits per heavy atom. The third-order valence-corrected chi connectivity index (χ3v) is 8.52. The fraction of sp³-hybridized carbons (Fsp3) is 0.739. The van der Waals surface area contributed by atoms with Crippen LogP contribution >= 0.6 is 0 Å². The molecule has 5 saturated carbocycles. The first kappa shape index (κ1) is 16.4. The van der Waals surface area contributed by atoms with Crippen LogP contribution in [-0.2, 0) is 14.3 Å². The maximum Gasteiger partial charge on any atom is 0.346 e. The zero-order chi connectivity index (χ0) is 18.3. The number of fused-ring (bicyclic) bond motifs is 1. The van der Waals surface area contributed by atoms with E-state index in [2.05, 4.69) is 0 Å². The van der Waals surface area contributed by atoms with Gasteiger partial charge >= 0.3 is 5.97 Å². The standard InChI is InChI=1S/C23H29NO3/c1-24-19(16-5-3-2-4-6-16)17-18(21(24)25)20(27-22(17)26)23-10-13-7-14(11-23)9-15(8-13)12-23/h13-16H,2-12H2,1H3. The van der Waals surface area contributed by atoms with Gasteiger partial charge in [0.15, 0.2) is 0 Å². The summed E-state index contributed by atoms with van der Waals surface area (Å²) in [5.74, 6) is 3.19. The highest BCUT2D eigenvalue weighted by Gasteiger charge is 2.59. The summed E-state index contributed by atoms with van der Waals surface area (Å²) in [4.78, 5) is 28.1. The number of rotatable bonds is 2. The fourth-order valence-electron chi connectivity index (χ4n) is 7.91. The monoisotopic (exact) mass is 367 g/mol. The molecule has 0 saturated heterocycles. The lowest BCUT2D eigenvalue weighted by Crippen LogP contribution is -2.47. The predicted molar refractivity (Wildman–Crippen MR) is 100 cm³/mol. The van der Waals surface area contributed by atoms with Gasteiger partial charge in [-0.3, -0.25) is 4.79 Å². The number of amides is 1. The molecule has 1 amide bonds. The number of hydrogen-bond donors (Lipinski definition) is 0. The van der Waals surface area contributed by atoms with Crippen LogP contribution in [0.5, 0.6) is 0 Å². The first-order chi connectivity index (χ1) is 13.1. The molecule has 0 unspecified atom stereocenters. The Kier molecular flexibility index (Phi) is 3.33. The molecule has 2 heterocycles. The SMILES string of the molecule is CN1C(=O)C2=C(C34CC5CC(CC(C5)C3)C4)OC(=O)C2=C1C1CCCCC1. The van der Waals surface area contributed by atoms with Crippen LogP contribution in [0.2, 0.25) is 0 Å². The number of esters is 1. The van der Waals surface area contributed by atoms with Crippen LogP contribution in [-0.4, -0.2) is 23.8 Å². The van der Waals surface area contributed by atoms with E-state index in [4.69, 9.17) is 4.74 Å². The van der Waals surface area contributed by atoms with E-state index in [1.165, 1.54) is 38.5 Å². The van der Waals surface area contributed by atoms with E-state index in [1.54, 1.807) is 4.90 Å². The van der Waals surface area contributed by atoms with Crippen molar-refractivity contribution >= 4 is 11.9 Å². The lowest BCUT2D eigenvalue weighted by Gasteiger charge is -2.56. The van der Waals surface area contributed by atoms with E-state index < -0.39 is 0 Å². The summed E-state index contributed by atoms with van der Waals surface area (Å²) in [5, 5.41) is 0. The highest BCUT2D eigenvalue weighted by molar-refractivity contribution is 6.17. The number of nitrogens with zero attached hydrogens (tertiary/aromatic N) is 1. The van der Waals surface area contributed by atoms with Crippen molar-refractivity contribution in [2.45, 2.75) is 70.6 Å². The molecular weight excluding hydrogens is 338 g/mol. The van der Waals surface area contributed by atoms with Gasteiger partial charge in [0.25, 0.3) is 5.91 Å². The van der Waals surface area contributed by atoms with E-state index in [1.807, 2.05) is 7.05 Å². The van der Waals surface area contributed by atoms with Gasteiger partial charge in [0, 0.05) is 24.1 Å². The molecule has 4 heteroatoms. The second kappa shape index (κ2) is 5.48. The smallest absolute Gasteiger partial charge is 0.346 e. The molecule has 0 aromatic rings. The number of ether oxygens (including phenoxy) is 1. The highest BCUT2D eigenvalue weighted by Crippen LogP contribution is 2.65. The second-order valence-electron chi connectivity index (χ2n) is 10.3. The Balaban J connectivity index is 1.47. The predicted octanol–water partition coefficient (Wildman–Crippen LogP) is 4.32. The minimum absolute atomic E-state index is 0.0159. The van der Waals surface area contributed by atoms with Crippen LogP contribution in [0.15, 0.2) is 22.6 Å². The summed E-state index contributed by atoms with van der Waals surface area (Å²) in [5.41, 5.74) is 2.23. The van der Waals surface area contributed by atoms with E-state index in [-0.39, 0.29) is 17.3 Å². The van der Waals surface area contributed by atoms with E-state index in [0.717, 1.165) is 61.3 Å². The Morgan fingerprint density at radius 2 is 1.48 bits per heavy atom. The second-order valence-corrected chi connectivity index (χ2v) is 10.3. The zero-order valence-corrected chi connectivity index (χ0v) is 16.3. The van der Waals surface area contributed by atoms with Crippen molar-refractivity contribution in [2.75, 3.05) is 7.05 Å². The topological polar surface area (TPSA) is 46.6 Å². The summed E-state index contributed by atoms with van der Waals surface area (Å²) in [6.07, 6.45) is 13.2. The average molecular weight is 367 g/mol. The van der Waals surface area contributed by atoms with Gasteiger partial charge in [-0.25, -0.2) is 4.79 Å². The average Bonchev–Trinajstić information content (AvgIpc) is 3.11. The van der Waals surface area contributed by atoms with Gasteiger partial charge in [0.2, 0.25) is 0 Å². The summed E-state index contributed by atoms with van der Waals surface area (Å²) in [7, 11) is 1.87. The van der Waals surface area contributed by atoms with Crippen LogP contribution in [0.25, 0.3) is 0 Å². The number of carbonyl (C=O) groups is 2. The molecule has 144 valence electrons. The summed E-state index contributed by atoms with van der Waals surface area (Å²) in [6, 6.07) is 0. The third-order valence-electron chi connectivity index (χ3n) is 8.52. The largest absolute Gasteiger partial charge is 0.426 e. The molecular formula is C23H29NO3. The van der Waals surface area contributed by atoms with Gasteiger partial charge in [-0.05, 0) is 69.1 Å². The van der Waals surface area contributed by atoms with E-state index in [0.29, 0.717) is 17.1 Å². The maximum atomic E-state index is 13.3. The van der Waals surface area contributed by atoms with Gasteiger partial charge in [0.05, 0.1) is 11.1 Å². The number of likely N-dealkylation sites (N-methyl/N-ethyl adjacent to an activating group) is 1. The van der Waals surface area contributed by atoms with Gasteiger partial charge in [-0.15, -0.1) is 0 Å². The van der Waals surface area contributed by atoms with Crippen molar-refractivity contribution in [3.8, 4) is 0 Å². The van der Waals surface area contributed by atoms with Crippen molar-refractivity contribution < 1.29 is 14.3 Å². The number of allylic oxidation sites excluding steroid dienone is 2. The van der Waals surface area contributed by atoms with Crippen molar-refractivity contribution in [2.24, 2.45) is 29.1 Å².